The van der Waals surface area contributed by atoms with Crippen molar-refractivity contribution in [1.29, 1.82) is 0 Å². The second-order valence-corrected chi connectivity index (χ2v) is 6.93. The molecule has 3 amide bonds. The van der Waals surface area contributed by atoms with Crippen LogP contribution in [0.2, 0.25) is 0 Å². The van der Waals surface area contributed by atoms with Crippen LogP contribution in [0.3, 0.4) is 0 Å². The van der Waals surface area contributed by atoms with Gasteiger partial charge < -0.3 is 9.84 Å². The van der Waals surface area contributed by atoms with Crippen molar-refractivity contribution in [1.82, 2.24) is 15.0 Å². The molecule has 0 aliphatic carbocycles. The molecule has 9 heteroatoms. The fraction of sp³-hybridized carbons (Fsp3) is 0.105. The summed E-state index contributed by atoms with van der Waals surface area (Å²) in [4.78, 5) is 40.9. The molecule has 1 aromatic carbocycles. The molecular weight excluding hydrogens is 380 g/mol. The van der Waals surface area contributed by atoms with Crippen LogP contribution in [-0.4, -0.2) is 37.8 Å². The minimum atomic E-state index is -0.409. The Morgan fingerprint density at radius 2 is 2.04 bits per heavy atom. The molecule has 8 nitrogen and oxygen atoms in total. The van der Waals surface area contributed by atoms with Gasteiger partial charge in [0.2, 0.25) is 5.91 Å². The van der Waals surface area contributed by atoms with Gasteiger partial charge in [-0.3, -0.25) is 24.3 Å². The predicted octanol–water partition coefficient (Wildman–Crippen LogP) is 3.18. The topological polar surface area (TPSA) is 105 Å². The zero-order valence-corrected chi connectivity index (χ0v) is 15.3. The Hall–Kier alpha value is -3.46. The van der Waals surface area contributed by atoms with Gasteiger partial charge >= 0.3 is 0 Å². The van der Waals surface area contributed by atoms with E-state index in [2.05, 4.69) is 15.5 Å². The molecule has 0 atom stereocenters. The maximum atomic E-state index is 12.4. The summed E-state index contributed by atoms with van der Waals surface area (Å²) in [7, 11) is 0. The van der Waals surface area contributed by atoms with Crippen LogP contribution in [0, 0.1) is 0 Å². The van der Waals surface area contributed by atoms with Gasteiger partial charge in [-0.15, -0.1) is 0 Å². The van der Waals surface area contributed by atoms with Crippen LogP contribution < -0.4 is 5.32 Å². The van der Waals surface area contributed by atoms with E-state index in [0.29, 0.717) is 11.4 Å². The number of hydrogen-bond donors (Lipinski definition) is 1. The third-order valence-corrected chi connectivity index (χ3v) is 4.94. The molecule has 140 valence electrons. The van der Waals surface area contributed by atoms with Crippen molar-refractivity contribution in [2.24, 2.45) is 0 Å². The van der Waals surface area contributed by atoms with Crippen molar-refractivity contribution >= 4 is 34.5 Å². The SMILES string of the molecule is O=C(Nc1ccc(CN2C(=O)CSC2=O)cc1)c1cc(-c2cccnc2)on1. The summed E-state index contributed by atoms with van der Waals surface area (Å²) in [5.74, 6) is 0.0355. The Morgan fingerprint density at radius 1 is 1.21 bits per heavy atom. The number of rotatable bonds is 5. The molecule has 3 aromatic rings. The van der Waals surface area contributed by atoms with Crippen molar-refractivity contribution in [2.75, 3.05) is 11.1 Å². The molecule has 0 bridgehead atoms. The Morgan fingerprint density at radius 3 is 2.71 bits per heavy atom. The first-order valence-corrected chi connectivity index (χ1v) is 9.33. The van der Waals surface area contributed by atoms with Crippen molar-refractivity contribution in [3.8, 4) is 11.3 Å². The molecule has 1 fully saturated rings. The van der Waals surface area contributed by atoms with Gasteiger partial charge in [-0.25, -0.2) is 0 Å². The number of anilines is 1. The van der Waals surface area contributed by atoms with Crippen LogP contribution in [0.5, 0.6) is 0 Å². The number of aromatic nitrogens is 2. The molecule has 0 radical (unpaired) electrons. The van der Waals surface area contributed by atoms with E-state index in [1.54, 1.807) is 48.8 Å². The third-order valence-electron chi connectivity index (χ3n) is 4.08. The molecule has 0 saturated carbocycles. The summed E-state index contributed by atoms with van der Waals surface area (Å²) in [6.07, 6.45) is 3.26. The molecule has 1 aliphatic heterocycles. The highest BCUT2D eigenvalue weighted by molar-refractivity contribution is 8.14. The standard InChI is InChI=1S/C19H14N4O4S/c24-17-11-28-19(26)23(17)10-12-3-5-14(6-4-12)21-18(25)15-8-16(27-22-15)13-2-1-7-20-9-13/h1-9H,10-11H2,(H,21,25). The first-order valence-electron chi connectivity index (χ1n) is 8.35. The highest BCUT2D eigenvalue weighted by Gasteiger charge is 2.29. The Bertz CT molecular complexity index is 1020. The van der Waals surface area contributed by atoms with Crippen LogP contribution in [-0.2, 0) is 11.3 Å². The molecule has 3 heterocycles. The lowest BCUT2D eigenvalue weighted by molar-refractivity contribution is -0.125. The van der Waals surface area contributed by atoms with Gasteiger partial charge in [-0.1, -0.05) is 29.1 Å². The summed E-state index contributed by atoms with van der Waals surface area (Å²) < 4.78 is 5.20. The van der Waals surface area contributed by atoms with Gasteiger partial charge in [0.1, 0.15) is 0 Å². The maximum Gasteiger partial charge on any atom is 0.289 e. The van der Waals surface area contributed by atoms with E-state index in [1.807, 2.05) is 6.07 Å². The maximum absolute atomic E-state index is 12.4. The number of amides is 3. The van der Waals surface area contributed by atoms with E-state index in [1.165, 1.54) is 4.90 Å². The molecule has 1 saturated heterocycles. The molecule has 4 rings (SSSR count). The van der Waals surface area contributed by atoms with Crippen LogP contribution >= 0.6 is 11.8 Å². The number of thioether (sulfide) groups is 1. The zero-order valence-electron chi connectivity index (χ0n) is 14.5. The molecule has 0 unspecified atom stereocenters. The highest BCUT2D eigenvalue weighted by Crippen LogP contribution is 2.22. The lowest BCUT2D eigenvalue weighted by Crippen LogP contribution is -2.27. The van der Waals surface area contributed by atoms with Crippen LogP contribution in [0.15, 0.2) is 59.4 Å². The molecule has 1 N–H and O–H groups in total. The van der Waals surface area contributed by atoms with E-state index in [4.69, 9.17) is 4.52 Å². The minimum Gasteiger partial charge on any atom is -0.355 e. The number of carbonyl (C=O) groups is 3. The summed E-state index contributed by atoms with van der Waals surface area (Å²) in [5, 5.41) is 6.29. The molecule has 0 spiro atoms. The number of benzene rings is 1. The van der Waals surface area contributed by atoms with Crippen molar-refractivity contribution < 1.29 is 18.9 Å². The highest BCUT2D eigenvalue weighted by atomic mass is 32.2. The van der Waals surface area contributed by atoms with Crippen molar-refractivity contribution in [3.05, 3.63) is 66.1 Å². The van der Waals surface area contributed by atoms with Crippen molar-refractivity contribution in [2.45, 2.75) is 6.54 Å². The Labute approximate surface area is 163 Å². The fourth-order valence-electron chi connectivity index (χ4n) is 2.63. The Kier molecular flexibility index (Phi) is 4.90. The average Bonchev–Trinajstić information content (AvgIpc) is 3.33. The van der Waals surface area contributed by atoms with Crippen LogP contribution in [0.1, 0.15) is 16.1 Å². The van der Waals surface area contributed by atoms with Gasteiger partial charge in [0, 0.05) is 29.7 Å². The first-order chi connectivity index (χ1) is 13.6. The lowest BCUT2D eigenvalue weighted by Gasteiger charge is -2.13. The quantitative estimate of drug-likeness (QED) is 0.708. The summed E-state index contributed by atoms with van der Waals surface area (Å²) >= 11 is 1.00. The number of carbonyl (C=O) groups excluding carboxylic acids is 3. The summed E-state index contributed by atoms with van der Waals surface area (Å²) in [6, 6.07) is 12.0. The number of nitrogens with zero attached hydrogens (tertiary/aromatic N) is 3. The second kappa shape index (κ2) is 7.65. The number of nitrogens with one attached hydrogen (secondary N) is 1. The van der Waals surface area contributed by atoms with Gasteiger partial charge in [0.05, 0.1) is 12.3 Å². The van der Waals surface area contributed by atoms with Gasteiger partial charge in [-0.2, -0.15) is 0 Å². The normalized spacial score (nSPS) is 13.8. The second-order valence-electron chi connectivity index (χ2n) is 6.00. The smallest absolute Gasteiger partial charge is 0.289 e. The van der Waals surface area contributed by atoms with Gasteiger partial charge in [-0.05, 0) is 29.8 Å². The number of pyridine rings is 1. The predicted molar refractivity (Wildman–Crippen MR) is 103 cm³/mol. The van der Waals surface area contributed by atoms with Gasteiger partial charge in [0.15, 0.2) is 11.5 Å². The van der Waals surface area contributed by atoms with E-state index in [-0.39, 0.29) is 29.1 Å². The van der Waals surface area contributed by atoms with Crippen LogP contribution in [0.4, 0.5) is 10.5 Å². The Balaban J connectivity index is 1.40. The average molecular weight is 394 g/mol. The number of imide groups is 1. The summed E-state index contributed by atoms with van der Waals surface area (Å²) in [5.41, 5.74) is 2.23. The van der Waals surface area contributed by atoms with Crippen molar-refractivity contribution in [3.63, 3.8) is 0 Å². The largest absolute Gasteiger partial charge is 0.355 e. The zero-order chi connectivity index (χ0) is 19.5. The van der Waals surface area contributed by atoms with Gasteiger partial charge in [0.25, 0.3) is 11.1 Å². The monoisotopic (exact) mass is 394 g/mol. The molecular formula is C19H14N4O4S. The van der Waals surface area contributed by atoms with E-state index in [9.17, 15) is 14.4 Å². The molecule has 28 heavy (non-hydrogen) atoms. The van der Waals surface area contributed by atoms with E-state index >= 15 is 0 Å². The number of hydrogen-bond acceptors (Lipinski definition) is 7. The van der Waals surface area contributed by atoms with Crippen LogP contribution in [0.25, 0.3) is 11.3 Å². The third kappa shape index (κ3) is 3.79. The van der Waals surface area contributed by atoms with E-state index < -0.39 is 5.91 Å². The first kappa shape index (κ1) is 17.9. The molecule has 2 aromatic heterocycles. The molecule has 1 aliphatic rings. The summed E-state index contributed by atoms with van der Waals surface area (Å²) in [6.45, 7) is 0.219. The minimum absolute atomic E-state index is 0.146. The van der Waals surface area contributed by atoms with E-state index in [0.717, 1.165) is 22.9 Å². The fourth-order valence-corrected chi connectivity index (χ4v) is 3.36. The lowest BCUT2D eigenvalue weighted by atomic mass is 10.2.